The van der Waals surface area contributed by atoms with E-state index in [0.29, 0.717) is 26.8 Å². The molecule has 0 amide bonds. The molecule has 0 radical (unpaired) electrons. The first-order valence-corrected chi connectivity index (χ1v) is 11.4. The van der Waals surface area contributed by atoms with Crippen LogP contribution in [0, 0.1) is 21.4 Å². The van der Waals surface area contributed by atoms with Crippen LogP contribution in [0.5, 0.6) is 5.75 Å². The van der Waals surface area contributed by atoms with Crippen LogP contribution in [0.4, 0.5) is 5.69 Å². The first-order chi connectivity index (χ1) is 16.8. The van der Waals surface area contributed by atoms with E-state index in [1.807, 2.05) is 6.07 Å². The van der Waals surface area contributed by atoms with E-state index in [9.17, 15) is 18.5 Å². The molecule has 0 aliphatic heterocycles. The number of pyridine rings is 2. The normalized spacial score (nSPS) is 11.4. The van der Waals surface area contributed by atoms with Gasteiger partial charge >= 0.3 is 0 Å². The van der Waals surface area contributed by atoms with Gasteiger partial charge < -0.3 is 4.74 Å². The minimum atomic E-state index is -4.45. The van der Waals surface area contributed by atoms with Gasteiger partial charge in [-0.3, -0.25) is 15.1 Å². The molecule has 3 heterocycles. The smallest absolute Gasteiger partial charge is 0.280 e. The van der Waals surface area contributed by atoms with Crippen molar-refractivity contribution in [3.63, 3.8) is 0 Å². The van der Waals surface area contributed by atoms with E-state index in [1.165, 1.54) is 22.9 Å². The van der Waals surface area contributed by atoms with Crippen molar-refractivity contribution in [2.45, 2.75) is 11.5 Å². The molecular formula is C22H17N7O5S. The molecule has 0 fully saturated rings. The Kier molecular flexibility index (Phi) is 6.40. The van der Waals surface area contributed by atoms with Crippen LogP contribution in [0.2, 0.25) is 0 Å². The lowest BCUT2D eigenvalue weighted by Crippen LogP contribution is -2.32. The lowest BCUT2D eigenvalue weighted by atomic mass is 10.2. The van der Waals surface area contributed by atoms with Gasteiger partial charge in [-0.05, 0) is 36.4 Å². The minimum absolute atomic E-state index is 0.0643. The average Bonchev–Trinajstić information content (AvgIpc) is 3.28. The summed E-state index contributed by atoms with van der Waals surface area (Å²) in [6, 6.07) is 13.6. The number of benzene rings is 1. The van der Waals surface area contributed by atoms with Crippen molar-refractivity contribution in [2.24, 2.45) is 5.84 Å². The molecule has 0 saturated carbocycles. The summed E-state index contributed by atoms with van der Waals surface area (Å²) in [6.45, 7) is -0.0643. The van der Waals surface area contributed by atoms with Crippen molar-refractivity contribution in [1.82, 2.24) is 19.0 Å². The lowest BCUT2D eigenvalue weighted by Gasteiger charge is -2.17. The third kappa shape index (κ3) is 4.93. The molecule has 4 rings (SSSR count). The van der Waals surface area contributed by atoms with Crippen molar-refractivity contribution in [1.29, 1.82) is 5.26 Å². The van der Waals surface area contributed by atoms with Crippen LogP contribution in [0.15, 0.2) is 78.2 Å². The number of nitriles is 1. The van der Waals surface area contributed by atoms with Crippen molar-refractivity contribution < 1.29 is 18.1 Å². The van der Waals surface area contributed by atoms with Gasteiger partial charge in [0.1, 0.15) is 17.3 Å². The number of ether oxygens (including phenoxy) is 1. The van der Waals surface area contributed by atoms with Gasteiger partial charge in [0.05, 0.1) is 34.0 Å². The molecule has 176 valence electrons. The predicted molar refractivity (Wildman–Crippen MR) is 124 cm³/mol. The van der Waals surface area contributed by atoms with Crippen molar-refractivity contribution in [3.05, 3.63) is 100 Å². The Morgan fingerprint density at radius 3 is 2.80 bits per heavy atom. The Morgan fingerprint density at radius 2 is 2.09 bits per heavy atom. The number of aromatic nitrogens is 3. The Hall–Kier alpha value is -4.80. The maximum absolute atomic E-state index is 13.2. The van der Waals surface area contributed by atoms with Gasteiger partial charge in [-0.2, -0.15) is 18.8 Å². The summed E-state index contributed by atoms with van der Waals surface area (Å²) in [4.78, 5) is 14.2. The van der Waals surface area contributed by atoms with Gasteiger partial charge in [0, 0.05) is 36.3 Å². The second kappa shape index (κ2) is 9.59. The molecule has 0 bridgehead atoms. The Labute approximate surface area is 199 Å². The number of nitrogens with two attached hydrogens (primary N) is 1. The molecule has 0 saturated heterocycles. The summed E-state index contributed by atoms with van der Waals surface area (Å²) < 4.78 is 34.0. The molecule has 12 nitrogen and oxygen atoms in total. The maximum Gasteiger partial charge on any atom is 0.280 e. The van der Waals surface area contributed by atoms with Gasteiger partial charge in [-0.15, -0.1) is 0 Å². The first kappa shape index (κ1) is 23.4. The van der Waals surface area contributed by atoms with Gasteiger partial charge in [0.15, 0.2) is 0 Å². The molecule has 35 heavy (non-hydrogen) atoms. The molecular weight excluding hydrogens is 474 g/mol. The first-order valence-electron chi connectivity index (χ1n) is 9.95. The quantitative estimate of drug-likeness (QED) is 0.221. The van der Waals surface area contributed by atoms with E-state index >= 15 is 0 Å². The summed E-state index contributed by atoms with van der Waals surface area (Å²) in [6.07, 6.45) is 7.09. The minimum Gasteiger partial charge on any atom is -0.486 e. The highest BCUT2D eigenvalue weighted by atomic mass is 32.2. The fourth-order valence-electron chi connectivity index (χ4n) is 3.11. The van der Waals surface area contributed by atoms with E-state index in [2.05, 4.69) is 10.1 Å². The van der Waals surface area contributed by atoms with E-state index in [1.54, 1.807) is 42.7 Å². The van der Waals surface area contributed by atoms with Crippen molar-refractivity contribution in [2.75, 3.05) is 0 Å². The Balaban J connectivity index is 1.66. The molecule has 0 spiro atoms. The lowest BCUT2D eigenvalue weighted by molar-refractivity contribution is -0.385. The zero-order chi connectivity index (χ0) is 25.0. The van der Waals surface area contributed by atoms with E-state index in [0.717, 1.165) is 18.3 Å². The fraction of sp³-hybridized carbons (Fsp3) is 0.0455. The van der Waals surface area contributed by atoms with E-state index in [-0.39, 0.29) is 12.4 Å². The number of non-ortho nitro benzene ring substituents is 1. The second-order valence-electron chi connectivity index (χ2n) is 7.11. The zero-order valence-electron chi connectivity index (χ0n) is 17.9. The van der Waals surface area contributed by atoms with E-state index < -0.39 is 25.5 Å². The molecule has 0 unspecified atom stereocenters. The fourth-order valence-corrected chi connectivity index (χ4v) is 4.21. The average molecular weight is 491 g/mol. The highest BCUT2D eigenvalue weighted by molar-refractivity contribution is 7.89. The number of fused-ring (bicyclic) bond motifs is 1. The number of hydrogen-bond acceptors (Lipinski definition) is 9. The topological polar surface area (TPSA) is 170 Å². The number of hydrazine groups is 1. The van der Waals surface area contributed by atoms with Gasteiger partial charge in [0.25, 0.3) is 15.7 Å². The van der Waals surface area contributed by atoms with Crippen molar-refractivity contribution in [3.8, 4) is 11.8 Å². The highest BCUT2D eigenvalue weighted by Gasteiger charge is 2.27. The molecule has 4 aromatic rings. The second-order valence-corrected chi connectivity index (χ2v) is 8.92. The molecule has 2 N–H and O–H groups in total. The van der Waals surface area contributed by atoms with Gasteiger partial charge in [-0.25, -0.2) is 14.8 Å². The number of nitro groups is 1. The third-order valence-electron chi connectivity index (χ3n) is 4.88. The summed E-state index contributed by atoms with van der Waals surface area (Å²) in [5, 5.41) is 24.5. The molecule has 0 aliphatic carbocycles. The summed E-state index contributed by atoms with van der Waals surface area (Å²) in [5.41, 5.74) is 1.54. The van der Waals surface area contributed by atoms with Crippen LogP contribution in [-0.2, 0) is 16.6 Å². The summed E-state index contributed by atoms with van der Waals surface area (Å²) in [7, 11) is -4.45. The SMILES string of the molecule is N#Cc1ccn2ncc(C=CN(N)S(=O)(=O)c3cc([N+](=O)[O-])ccc3OCc3ccccn3)c2c1. The van der Waals surface area contributed by atoms with Crippen LogP contribution in [0.25, 0.3) is 11.6 Å². The van der Waals surface area contributed by atoms with Crippen LogP contribution in [0.3, 0.4) is 0 Å². The van der Waals surface area contributed by atoms with Crippen LogP contribution < -0.4 is 10.6 Å². The van der Waals surface area contributed by atoms with Gasteiger partial charge in [-0.1, -0.05) is 6.07 Å². The highest BCUT2D eigenvalue weighted by Crippen LogP contribution is 2.31. The maximum atomic E-state index is 13.2. The number of nitrogens with zero attached hydrogens (tertiary/aromatic N) is 6. The van der Waals surface area contributed by atoms with Crippen LogP contribution in [0.1, 0.15) is 16.8 Å². The Morgan fingerprint density at radius 1 is 1.26 bits per heavy atom. The number of rotatable bonds is 8. The predicted octanol–water partition coefficient (Wildman–Crippen LogP) is 2.62. The summed E-state index contributed by atoms with van der Waals surface area (Å²) in [5.74, 6) is 5.72. The number of sulfonamides is 1. The van der Waals surface area contributed by atoms with Crippen LogP contribution >= 0.6 is 0 Å². The van der Waals surface area contributed by atoms with Crippen LogP contribution in [-0.4, -0.2) is 32.4 Å². The number of hydrogen-bond donors (Lipinski definition) is 1. The molecule has 0 atom stereocenters. The molecule has 0 aliphatic rings. The standard InChI is InChI=1S/C22H17N7O5S/c23-13-16-6-9-27-20(11-16)17(14-26-27)7-10-28(24)35(32,33)22-12-19(29(30)31)4-5-21(22)34-15-18-3-1-2-8-25-18/h1-12,14H,15,24H2. The molecule has 13 heteroatoms. The van der Waals surface area contributed by atoms with Crippen molar-refractivity contribution >= 4 is 27.3 Å². The van der Waals surface area contributed by atoms with Gasteiger partial charge in [0.2, 0.25) is 0 Å². The zero-order valence-corrected chi connectivity index (χ0v) is 18.7. The monoisotopic (exact) mass is 491 g/mol. The molecule has 1 aromatic carbocycles. The van der Waals surface area contributed by atoms with E-state index in [4.69, 9.17) is 15.8 Å². The number of nitro benzene ring substituents is 1. The Bertz CT molecular complexity index is 1580. The molecule has 3 aromatic heterocycles. The summed E-state index contributed by atoms with van der Waals surface area (Å²) >= 11 is 0. The third-order valence-corrected chi connectivity index (χ3v) is 6.43. The largest absolute Gasteiger partial charge is 0.486 e.